The number of nitrogens with two attached hydrogens (primary N) is 1. The first kappa shape index (κ1) is 9.72. The van der Waals surface area contributed by atoms with Gasteiger partial charge < -0.3 is 16.0 Å². The fraction of sp³-hybridized carbons (Fsp3) is 0. The maximum Gasteiger partial charge on any atom is 0.211 e. The van der Waals surface area contributed by atoms with Crippen LogP contribution in [0.1, 0.15) is 16.1 Å². The minimum atomic E-state index is 0.00812. The molecule has 0 saturated heterocycles. The minimum Gasteiger partial charge on any atom is -0.397 e. The Balaban J connectivity index is 1.99. The number of H-pyrrole nitrogens is 1. The van der Waals surface area contributed by atoms with Crippen LogP contribution in [0, 0.1) is 0 Å². The van der Waals surface area contributed by atoms with Gasteiger partial charge in [0.05, 0.1) is 5.70 Å². The van der Waals surface area contributed by atoms with Crippen molar-refractivity contribution in [2.75, 3.05) is 11.1 Å². The highest BCUT2D eigenvalue weighted by Gasteiger charge is 2.23. The van der Waals surface area contributed by atoms with Gasteiger partial charge in [-0.15, -0.1) is 0 Å². The van der Waals surface area contributed by atoms with Crippen molar-refractivity contribution in [2.24, 2.45) is 0 Å². The van der Waals surface area contributed by atoms with Crippen molar-refractivity contribution in [3.8, 4) is 0 Å². The summed E-state index contributed by atoms with van der Waals surface area (Å²) in [5.41, 5.74) is 9.19. The zero-order valence-electron chi connectivity index (χ0n) is 9.03. The van der Waals surface area contributed by atoms with Gasteiger partial charge in [0.15, 0.2) is 0 Å². The van der Waals surface area contributed by atoms with Crippen molar-refractivity contribution in [1.29, 1.82) is 0 Å². The van der Waals surface area contributed by atoms with E-state index in [1.54, 1.807) is 18.3 Å². The Hall–Kier alpha value is -2.49. The molecule has 1 aromatic heterocycles. The molecular weight excluding hydrogens is 214 g/mol. The van der Waals surface area contributed by atoms with E-state index >= 15 is 0 Å². The van der Waals surface area contributed by atoms with Crippen LogP contribution < -0.4 is 11.1 Å². The predicted molar refractivity (Wildman–Crippen MR) is 67.6 cm³/mol. The third-order valence-corrected chi connectivity index (χ3v) is 2.71. The summed E-state index contributed by atoms with van der Waals surface area (Å²) in [7, 11) is 0. The molecule has 0 saturated carbocycles. The molecule has 2 heterocycles. The predicted octanol–water partition coefficient (Wildman–Crippen LogP) is 2.25. The number of aromatic amines is 1. The summed E-state index contributed by atoms with van der Waals surface area (Å²) in [6.45, 7) is 0. The number of Topliss-reactive ketones (excluding diaryl/α,β-unsaturated/α-hetero) is 1. The highest BCUT2D eigenvalue weighted by molar-refractivity contribution is 6.20. The zero-order valence-corrected chi connectivity index (χ0v) is 9.03. The lowest BCUT2D eigenvalue weighted by Crippen LogP contribution is -1.99. The molecule has 84 valence electrons. The topological polar surface area (TPSA) is 70.9 Å². The van der Waals surface area contributed by atoms with Gasteiger partial charge in [-0.1, -0.05) is 12.1 Å². The maximum atomic E-state index is 12.0. The van der Waals surface area contributed by atoms with E-state index in [-0.39, 0.29) is 5.78 Å². The van der Waals surface area contributed by atoms with Gasteiger partial charge in [0.2, 0.25) is 5.78 Å². The maximum absolute atomic E-state index is 12.0. The van der Waals surface area contributed by atoms with Gasteiger partial charge in [-0.05, 0) is 24.3 Å². The number of fused-ring (bicyclic) bond motifs is 1. The van der Waals surface area contributed by atoms with Crippen LogP contribution in [0.15, 0.2) is 42.2 Å². The summed E-state index contributed by atoms with van der Waals surface area (Å²) >= 11 is 0. The van der Waals surface area contributed by atoms with Crippen LogP contribution in [0.3, 0.4) is 0 Å². The van der Waals surface area contributed by atoms with Gasteiger partial charge in [-0.2, -0.15) is 0 Å². The van der Waals surface area contributed by atoms with Crippen LogP contribution in [0.5, 0.6) is 0 Å². The Morgan fingerprint density at radius 3 is 2.76 bits per heavy atom. The molecule has 0 amide bonds. The number of hydrogen-bond donors (Lipinski definition) is 3. The third-order valence-electron chi connectivity index (χ3n) is 2.71. The number of allylic oxidation sites excluding steroid dienone is 1. The Morgan fingerprint density at radius 1 is 1.24 bits per heavy atom. The van der Waals surface area contributed by atoms with E-state index in [1.165, 1.54) is 0 Å². The first-order valence-electron chi connectivity index (χ1n) is 5.30. The lowest BCUT2D eigenvalue weighted by molar-refractivity contribution is 0.104. The average Bonchev–Trinajstić information content (AvgIpc) is 2.86. The van der Waals surface area contributed by atoms with Crippen molar-refractivity contribution in [1.82, 2.24) is 4.98 Å². The molecule has 17 heavy (non-hydrogen) atoms. The van der Waals surface area contributed by atoms with Crippen LogP contribution >= 0.6 is 0 Å². The van der Waals surface area contributed by atoms with Crippen LogP contribution in [0.4, 0.5) is 11.4 Å². The van der Waals surface area contributed by atoms with Gasteiger partial charge in [-0.25, -0.2) is 0 Å². The lowest BCUT2D eigenvalue weighted by atomic mass is 10.1. The van der Waals surface area contributed by atoms with E-state index in [1.807, 2.05) is 24.3 Å². The van der Waals surface area contributed by atoms with E-state index in [9.17, 15) is 4.79 Å². The fourth-order valence-electron chi connectivity index (χ4n) is 1.91. The number of ketones is 1. The van der Waals surface area contributed by atoms with Gasteiger partial charge in [0.25, 0.3) is 0 Å². The van der Waals surface area contributed by atoms with E-state index in [0.29, 0.717) is 16.9 Å². The van der Waals surface area contributed by atoms with E-state index in [0.717, 1.165) is 11.4 Å². The molecule has 0 unspecified atom stereocenters. The summed E-state index contributed by atoms with van der Waals surface area (Å²) in [5.74, 6) is 0.00812. The molecule has 0 radical (unpaired) electrons. The summed E-state index contributed by atoms with van der Waals surface area (Å²) in [5, 5.41) is 3.09. The molecule has 1 aliphatic heterocycles. The first-order valence-corrected chi connectivity index (χ1v) is 5.30. The van der Waals surface area contributed by atoms with Crippen LogP contribution in [-0.4, -0.2) is 10.8 Å². The normalized spacial score (nSPS) is 16.0. The summed E-state index contributed by atoms with van der Waals surface area (Å²) in [4.78, 5) is 15.0. The van der Waals surface area contributed by atoms with Gasteiger partial charge >= 0.3 is 0 Å². The van der Waals surface area contributed by atoms with E-state index in [2.05, 4.69) is 10.3 Å². The second-order valence-electron chi connectivity index (χ2n) is 3.95. The molecule has 3 rings (SSSR count). The van der Waals surface area contributed by atoms with E-state index in [4.69, 9.17) is 5.73 Å². The molecule has 4 N–H and O–H groups in total. The largest absolute Gasteiger partial charge is 0.397 e. The molecular formula is C13H11N3O. The van der Waals surface area contributed by atoms with Crippen LogP contribution in [-0.2, 0) is 0 Å². The second kappa shape index (κ2) is 3.52. The van der Waals surface area contributed by atoms with Gasteiger partial charge in [0, 0.05) is 28.8 Å². The minimum absolute atomic E-state index is 0.00812. The number of nitrogen functional groups attached to an aromatic ring is 1. The summed E-state index contributed by atoms with van der Waals surface area (Å²) in [6, 6.07) is 9.24. The number of para-hydroxylation sites is 1. The molecule has 1 aliphatic rings. The second-order valence-corrected chi connectivity index (χ2v) is 3.95. The third kappa shape index (κ3) is 1.59. The molecule has 2 aromatic rings. The summed E-state index contributed by atoms with van der Waals surface area (Å²) < 4.78 is 0. The standard InChI is InChI=1S/C13H11N3O/c14-8-5-9(15-7-8)6-12-13(17)10-3-1-2-4-11(10)16-12/h1-7,15-16H,14H2. The molecule has 4 heteroatoms. The number of rotatable bonds is 1. The van der Waals surface area contributed by atoms with E-state index < -0.39 is 0 Å². The number of aromatic nitrogens is 1. The molecule has 4 nitrogen and oxygen atoms in total. The van der Waals surface area contributed by atoms with Crippen molar-refractivity contribution < 1.29 is 4.79 Å². The molecule has 0 fully saturated rings. The van der Waals surface area contributed by atoms with Crippen molar-refractivity contribution in [3.63, 3.8) is 0 Å². The molecule has 0 aliphatic carbocycles. The van der Waals surface area contributed by atoms with Gasteiger partial charge in [0.1, 0.15) is 0 Å². The first-order chi connectivity index (χ1) is 8.24. The Labute approximate surface area is 98.1 Å². The number of nitrogens with one attached hydrogen (secondary N) is 2. The van der Waals surface area contributed by atoms with Crippen LogP contribution in [0.2, 0.25) is 0 Å². The van der Waals surface area contributed by atoms with Gasteiger partial charge in [-0.3, -0.25) is 4.79 Å². The molecule has 0 spiro atoms. The number of anilines is 2. The Morgan fingerprint density at radius 2 is 2.06 bits per heavy atom. The zero-order chi connectivity index (χ0) is 11.8. The van der Waals surface area contributed by atoms with Crippen molar-refractivity contribution in [3.05, 3.63) is 53.5 Å². The van der Waals surface area contributed by atoms with Crippen LogP contribution in [0.25, 0.3) is 6.08 Å². The summed E-state index contributed by atoms with van der Waals surface area (Å²) in [6.07, 6.45) is 3.46. The number of hydrogen-bond acceptors (Lipinski definition) is 3. The highest BCUT2D eigenvalue weighted by atomic mass is 16.1. The molecule has 0 atom stereocenters. The Kier molecular flexibility index (Phi) is 2.01. The number of carbonyl (C=O) groups is 1. The average molecular weight is 225 g/mol. The molecule has 0 bridgehead atoms. The highest BCUT2D eigenvalue weighted by Crippen LogP contribution is 2.28. The smallest absolute Gasteiger partial charge is 0.211 e. The number of carbonyl (C=O) groups excluding carboxylic acids is 1. The quantitative estimate of drug-likeness (QED) is 0.652. The monoisotopic (exact) mass is 225 g/mol. The lowest BCUT2D eigenvalue weighted by Gasteiger charge is -1.96. The Bertz CT molecular complexity index is 625. The van der Waals surface area contributed by atoms with Crippen molar-refractivity contribution >= 4 is 23.2 Å². The number of benzene rings is 1. The SMILES string of the molecule is Nc1c[nH]c(C=C2Nc3ccccc3C2=O)c1. The van der Waals surface area contributed by atoms with Crippen molar-refractivity contribution in [2.45, 2.75) is 0 Å². The molecule has 1 aromatic carbocycles. The fourth-order valence-corrected chi connectivity index (χ4v) is 1.91.